The van der Waals surface area contributed by atoms with Crippen LogP contribution in [0.3, 0.4) is 0 Å². The Morgan fingerprint density at radius 3 is 2.92 bits per heavy atom. The van der Waals surface area contributed by atoms with Gasteiger partial charge in [-0.3, -0.25) is 9.48 Å². The third-order valence-corrected chi connectivity index (χ3v) is 4.49. The fraction of sp³-hybridized carbons (Fsp3) is 0.438. The molecule has 124 valence electrons. The van der Waals surface area contributed by atoms with Crippen molar-refractivity contribution in [2.45, 2.75) is 38.3 Å². The molecule has 1 aliphatic rings. The minimum Gasteiger partial charge on any atom is -0.350 e. The molecular weight excluding hydrogens is 306 g/mol. The molecule has 0 aliphatic heterocycles. The minimum absolute atomic E-state index is 0.153. The van der Waals surface area contributed by atoms with Crippen molar-refractivity contribution in [1.29, 1.82) is 0 Å². The Hall–Kier alpha value is -2.77. The van der Waals surface area contributed by atoms with Gasteiger partial charge in [-0.2, -0.15) is 5.10 Å². The maximum absolute atomic E-state index is 12.2. The zero-order valence-electron chi connectivity index (χ0n) is 13.3. The Balaban J connectivity index is 1.45. The van der Waals surface area contributed by atoms with Crippen LogP contribution in [-0.4, -0.2) is 41.8 Å². The Bertz CT molecular complexity index is 833. The van der Waals surface area contributed by atoms with Gasteiger partial charge in [0.2, 0.25) is 0 Å². The van der Waals surface area contributed by atoms with Crippen molar-refractivity contribution < 1.29 is 4.79 Å². The summed E-state index contributed by atoms with van der Waals surface area (Å²) in [5.41, 5.74) is 2.16. The first-order valence-corrected chi connectivity index (χ1v) is 8.24. The highest BCUT2D eigenvalue weighted by atomic mass is 16.1. The van der Waals surface area contributed by atoms with Crippen LogP contribution in [0.2, 0.25) is 0 Å². The average Bonchev–Trinajstić information content (AvgIpc) is 3.34. The molecule has 8 heteroatoms. The minimum atomic E-state index is -0.153. The molecule has 0 atom stereocenters. The Kier molecular flexibility index (Phi) is 3.94. The van der Waals surface area contributed by atoms with Gasteiger partial charge in [0.05, 0.1) is 18.4 Å². The zero-order valence-corrected chi connectivity index (χ0v) is 13.3. The Morgan fingerprint density at radius 1 is 1.25 bits per heavy atom. The highest BCUT2D eigenvalue weighted by molar-refractivity contribution is 5.96. The van der Waals surface area contributed by atoms with Crippen LogP contribution < -0.4 is 5.32 Å². The molecule has 24 heavy (non-hydrogen) atoms. The normalized spacial score (nSPS) is 15.2. The van der Waals surface area contributed by atoms with E-state index in [1.165, 1.54) is 32.0 Å². The summed E-state index contributed by atoms with van der Waals surface area (Å²) in [4.78, 5) is 25.0. The van der Waals surface area contributed by atoms with Gasteiger partial charge in [-0.25, -0.2) is 15.0 Å². The van der Waals surface area contributed by atoms with E-state index in [9.17, 15) is 4.79 Å². The number of nitrogens with one attached hydrogen (secondary N) is 1. The van der Waals surface area contributed by atoms with E-state index >= 15 is 0 Å². The molecule has 1 N–H and O–H groups in total. The molecule has 1 amide bonds. The van der Waals surface area contributed by atoms with Gasteiger partial charge in [0.25, 0.3) is 5.91 Å². The number of pyridine rings is 1. The first kappa shape index (κ1) is 14.8. The van der Waals surface area contributed by atoms with Crippen LogP contribution >= 0.6 is 0 Å². The van der Waals surface area contributed by atoms with Gasteiger partial charge in [-0.15, -0.1) is 0 Å². The summed E-state index contributed by atoms with van der Waals surface area (Å²) in [5.74, 6) is -0.153. The number of carbonyl (C=O) groups excluding carboxylic acids is 1. The summed E-state index contributed by atoms with van der Waals surface area (Å²) in [6, 6.07) is 2.29. The van der Waals surface area contributed by atoms with Crippen molar-refractivity contribution in [2.24, 2.45) is 0 Å². The highest BCUT2D eigenvalue weighted by Crippen LogP contribution is 2.31. The van der Waals surface area contributed by atoms with E-state index in [1.807, 2.05) is 6.33 Å². The summed E-state index contributed by atoms with van der Waals surface area (Å²) in [7, 11) is 0. The topological polar surface area (TPSA) is 90.5 Å². The lowest BCUT2D eigenvalue weighted by molar-refractivity contribution is 0.0951. The van der Waals surface area contributed by atoms with Crippen LogP contribution in [0.15, 0.2) is 31.2 Å². The first-order chi connectivity index (χ1) is 11.8. The predicted molar refractivity (Wildman–Crippen MR) is 87.4 cm³/mol. The lowest BCUT2D eigenvalue weighted by Crippen LogP contribution is -2.27. The molecule has 3 aromatic heterocycles. The van der Waals surface area contributed by atoms with Gasteiger partial charge in [-0.1, -0.05) is 12.8 Å². The number of aromatic nitrogens is 6. The van der Waals surface area contributed by atoms with Crippen molar-refractivity contribution in [3.8, 4) is 0 Å². The maximum Gasteiger partial charge on any atom is 0.252 e. The number of nitrogens with zero attached hydrogens (tertiary/aromatic N) is 6. The number of fused-ring (bicyclic) bond motifs is 1. The monoisotopic (exact) mass is 325 g/mol. The summed E-state index contributed by atoms with van der Waals surface area (Å²) < 4.78 is 3.82. The molecule has 1 saturated carbocycles. The Morgan fingerprint density at radius 2 is 2.12 bits per heavy atom. The molecular formula is C16H19N7O. The molecule has 8 nitrogen and oxygen atoms in total. The lowest BCUT2D eigenvalue weighted by atomic mass is 10.2. The van der Waals surface area contributed by atoms with Crippen molar-refractivity contribution in [2.75, 3.05) is 6.54 Å². The number of hydrogen-bond donors (Lipinski definition) is 1. The smallest absolute Gasteiger partial charge is 0.252 e. The van der Waals surface area contributed by atoms with Crippen molar-refractivity contribution in [3.05, 3.63) is 36.8 Å². The predicted octanol–water partition coefficient (Wildman–Crippen LogP) is 1.57. The first-order valence-electron chi connectivity index (χ1n) is 8.24. The van der Waals surface area contributed by atoms with Crippen molar-refractivity contribution in [3.63, 3.8) is 0 Å². The third kappa shape index (κ3) is 2.86. The van der Waals surface area contributed by atoms with Gasteiger partial charge in [0.15, 0.2) is 5.65 Å². The van der Waals surface area contributed by atoms with E-state index in [4.69, 9.17) is 0 Å². The molecule has 0 spiro atoms. The molecule has 3 aromatic rings. The van der Waals surface area contributed by atoms with Gasteiger partial charge < -0.3 is 9.88 Å². The van der Waals surface area contributed by atoms with Crippen LogP contribution in [0.25, 0.3) is 11.2 Å². The quantitative estimate of drug-likeness (QED) is 0.769. The zero-order chi connectivity index (χ0) is 16.4. The summed E-state index contributed by atoms with van der Waals surface area (Å²) >= 11 is 0. The molecule has 0 unspecified atom stereocenters. The van der Waals surface area contributed by atoms with Gasteiger partial charge in [0, 0.05) is 18.8 Å². The number of amides is 1. The number of rotatable bonds is 5. The van der Waals surface area contributed by atoms with E-state index < -0.39 is 0 Å². The molecule has 0 saturated heterocycles. The molecule has 1 aliphatic carbocycles. The fourth-order valence-electron chi connectivity index (χ4n) is 3.23. The summed E-state index contributed by atoms with van der Waals surface area (Å²) in [6.07, 6.45) is 11.4. The second-order valence-corrected chi connectivity index (χ2v) is 6.07. The SMILES string of the molecule is O=C(NCCn1cncn1)c1cnc2c(c1)ncn2C1CCCC1. The van der Waals surface area contributed by atoms with Crippen molar-refractivity contribution in [1.82, 2.24) is 34.6 Å². The van der Waals surface area contributed by atoms with E-state index in [1.54, 1.807) is 23.3 Å². The molecule has 0 radical (unpaired) electrons. The second kappa shape index (κ2) is 6.38. The number of carbonyl (C=O) groups is 1. The van der Waals surface area contributed by atoms with E-state index in [-0.39, 0.29) is 5.91 Å². The standard InChI is InChI=1S/C16H19N7O/c24-16(18-5-6-22-10-17-9-21-22)12-7-14-15(19-8-12)23(11-20-14)13-3-1-2-4-13/h7-11,13H,1-6H2,(H,18,24). The van der Waals surface area contributed by atoms with E-state index in [2.05, 4.69) is 29.9 Å². The van der Waals surface area contributed by atoms with Gasteiger partial charge >= 0.3 is 0 Å². The molecule has 0 aromatic carbocycles. The summed E-state index contributed by atoms with van der Waals surface area (Å²) in [6.45, 7) is 1.06. The van der Waals surface area contributed by atoms with Crippen LogP contribution in [0, 0.1) is 0 Å². The fourth-order valence-corrected chi connectivity index (χ4v) is 3.23. The van der Waals surface area contributed by atoms with Crippen LogP contribution in [0.1, 0.15) is 42.1 Å². The number of imidazole rings is 1. The molecule has 0 bridgehead atoms. The largest absolute Gasteiger partial charge is 0.350 e. The molecule has 3 heterocycles. The van der Waals surface area contributed by atoms with Gasteiger partial charge in [0.1, 0.15) is 18.2 Å². The van der Waals surface area contributed by atoms with Crippen LogP contribution in [0.4, 0.5) is 0 Å². The molecule has 4 rings (SSSR count). The summed E-state index contributed by atoms with van der Waals surface area (Å²) in [5, 5.41) is 6.86. The molecule has 1 fully saturated rings. The third-order valence-electron chi connectivity index (χ3n) is 4.49. The van der Waals surface area contributed by atoms with Crippen LogP contribution in [0.5, 0.6) is 0 Å². The van der Waals surface area contributed by atoms with Crippen molar-refractivity contribution >= 4 is 17.1 Å². The highest BCUT2D eigenvalue weighted by Gasteiger charge is 2.20. The maximum atomic E-state index is 12.2. The van der Waals surface area contributed by atoms with E-state index in [0.717, 1.165) is 11.2 Å². The number of hydrogen-bond acceptors (Lipinski definition) is 5. The van der Waals surface area contributed by atoms with Crippen LogP contribution in [-0.2, 0) is 6.54 Å². The second-order valence-electron chi connectivity index (χ2n) is 6.07. The lowest BCUT2D eigenvalue weighted by Gasteiger charge is -2.11. The van der Waals surface area contributed by atoms with Gasteiger partial charge in [-0.05, 0) is 18.9 Å². The van der Waals surface area contributed by atoms with E-state index in [0.29, 0.717) is 24.7 Å². The average molecular weight is 325 g/mol. The Labute approximate surface area is 138 Å².